The fourth-order valence-electron chi connectivity index (χ4n) is 3.60. The molecule has 25 heavy (non-hydrogen) atoms. The molecule has 3 rings (SSSR count). The van der Waals surface area contributed by atoms with E-state index in [1.807, 2.05) is 0 Å². The van der Waals surface area contributed by atoms with Crippen molar-refractivity contribution < 1.29 is 23.4 Å². The van der Waals surface area contributed by atoms with Gasteiger partial charge in [0.05, 0.1) is 18.8 Å². The molecule has 142 valence electrons. The van der Waals surface area contributed by atoms with Crippen molar-refractivity contribution in [3.63, 3.8) is 0 Å². The summed E-state index contributed by atoms with van der Waals surface area (Å²) in [7, 11) is -3.58. The third kappa shape index (κ3) is 4.24. The van der Waals surface area contributed by atoms with Crippen LogP contribution in [-0.4, -0.2) is 74.1 Å². The lowest BCUT2D eigenvalue weighted by molar-refractivity contribution is -0.0201. The lowest BCUT2D eigenvalue weighted by Crippen LogP contribution is -2.53. The monoisotopic (exact) mass is 390 g/mol. The van der Waals surface area contributed by atoms with E-state index in [2.05, 4.69) is 16.5 Å². The molecular formula is C16H26N2O5S2. The molecule has 2 fully saturated rings. The Hall–Kier alpha value is -0.550. The van der Waals surface area contributed by atoms with Gasteiger partial charge in [-0.2, -0.15) is 0 Å². The zero-order valence-electron chi connectivity index (χ0n) is 14.2. The van der Waals surface area contributed by atoms with Crippen molar-refractivity contribution in [3.8, 4) is 0 Å². The predicted molar refractivity (Wildman–Crippen MR) is 95.0 cm³/mol. The molecule has 1 aromatic rings. The molecule has 0 spiro atoms. The average molecular weight is 391 g/mol. The van der Waals surface area contributed by atoms with E-state index in [1.165, 1.54) is 0 Å². The minimum absolute atomic E-state index is 0.0739. The summed E-state index contributed by atoms with van der Waals surface area (Å²) >= 11 is 1.16. The quantitative estimate of drug-likeness (QED) is 0.644. The van der Waals surface area contributed by atoms with Crippen LogP contribution in [0.2, 0.25) is 0 Å². The molecule has 2 aliphatic heterocycles. The zero-order valence-corrected chi connectivity index (χ0v) is 15.9. The molecule has 3 heterocycles. The van der Waals surface area contributed by atoms with Gasteiger partial charge in [-0.3, -0.25) is 4.90 Å². The average Bonchev–Trinajstić information content (AvgIpc) is 3.23. The molecule has 0 aliphatic carbocycles. The molecule has 0 unspecified atom stereocenters. The Labute approximate surface area is 152 Å². The van der Waals surface area contributed by atoms with Crippen molar-refractivity contribution in [1.29, 1.82) is 0 Å². The maximum Gasteiger partial charge on any atom is 0.250 e. The third-order valence-corrected chi connectivity index (χ3v) is 7.94. The van der Waals surface area contributed by atoms with E-state index < -0.39 is 28.3 Å². The zero-order chi connectivity index (χ0) is 18.0. The number of ether oxygens (including phenoxy) is 1. The van der Waals surface area contributed by atoms with Crippen molar-refractivity contribution in [1.82, 2.24) is 9.62 Å². The van der Waals surface area contributed by atoms with E-state index in [1.54, 1.807) is 17.5 Å². The van der Waals surface area contributed by atoms with Gasteiger partial charge in [-0.15, -0.1) is 11.3 Å². The van der Waals surface area contributed by atoms with E-state index in [-0.39, 0.29) is 23.4 Å². The van der Waals surface area contributed by atoms with E-state index in [9.17, 15) is 18.6 Å². The second-order valence-electron chi connectivity index (χ2n) is 6.88. The highest BCUT2D eigenvalue weighted by Gasteiger charge is 2.46. The van der Waals surface area contributed by atoms with E-state index in [4.69, 9.17) is 4.74 Å². The Balaban J connectivity index is 1.69. The van der Waals surface area contributed by atoms with Gasteiger partial charge in [0.15, 0.2) is 0 Å². The Morgan fingerprint density at radius 2 is 2.08 bits per heavy atom. The first-order chi connectivity index (χ1) is 11.9. The molecule has 2 saturated heterocycles. The first-order valence-electron chi connectivity index (χ1n) is 8.64. The summed E-state index contributed by atoms with van der Waals surface area (Å²) in [4.78, 5) is 2.17. The number of rotatable bonds is 6. The molecule has 1 aromatic heterocycles. The van der Waals surface area contributed by atoms with Gasteiger partial charge in [0, 0.05) is 6.54 Å². The summed E-state index contributed by atoms with van der Waals surface area (Å²) in [6, 6.07) is 2.93. The van der Waals surface area contributed by atoms with Crippen LogP contribution in [0, 0.1) is 5.92 Å². The first-order valence-corrected chi connectivity index (χ1v) is 11.0. The van der Waals surface area contributed by atoms with Crippen LogP contribution in [0.1, 0.15) is 19.8 Å². The molecule has 2 aliphatic rings. The normalized spacial score (nSPS) is 32.3. The van der Waals surface area contributed by atoms with Gasteiger partial charge < -0.3 is 14.9 Å². The number of aliphatic hydroxyl groups is 2. The number of nitrogens with zero attached hydrogens (tertiary/aromatic N) is 1. The molecule has 0 aromatic carbocycles. The maximum absolute atomic E-state index is 12.3. The lowest BCUT2D eigenvalue weighted by Gasteiger charge is -2.38. The van der Waals surface area contributed by atoms with Crippen molar-refractivity contribution in [2.24, 2.45) is 5.92 Å². The van der Waals surface area contributed by atoms with Crippen LogP contribution >= 0.6 is 11.3 Å². The third-order valence-electron chi connectivity index (χ3n) is 5.12. The number of likely N-dealkylation sites (tertiary alicyclic amines) is 1. The van der Waals surface area contributed by atoms with Crippen LogP contribution in [0.15, 0.2) is 21.7 Å². The van der Waals surface area contributed by atoms with Gasteiger partial charge in [0.25, 0.3) is 0 Å². The maximum atomic E-state index is 12.3. The topological polar surface area (TPSA) is 99.1 Å². The summed E-state index contributed by atoms with van der Waals surface area (Å²) in [6.07, 6.45) is 0.0898. The van der Waals surface area contributed by atoms with Gasteiger partial charge in [-0.25, -0.2) is 13.1 Å². The Bertz CT molecular complexity index is 643. The molecular weight excluding hydrogens is 364 g/mol. The molecule has 7 nitrogen and oxygen atoms in total. The number of nitrogens with one attached hydrogen (secondary N) is 1. The largest absolute Gasteiger partial charge is 0.394 e. The molecule has 0 amide bonds. The SMILES string of the molecule is CC1CCN([C@@H]2[C@H](O)[C@H](CO)O[C@@H]2CNS(=O)(=O)c2cccs2)CC1. The van der Waals surface area contributed by atoms with Gasteiger partial charge in [-0.05, 0) is 43.3 Å². The number of thiophene rings is 1. The van der Waals surface area contributed by atoms with E-state index >= 15 is 0 Å². The number of sulfonamides is 1. The van der Waals surface area contributed by atoms with Crippen molar-refractivity contribution >= 4 is 21.4 Å². The highest BCUT2D eigenvalue weighted by Crippen LogP contribution is 2.29. The van der Waals surface area contributed by atoms with Crippen LogP contribution in [-0.2, 0) is 14.8 Å². The van der Waals surface area contributed by atoms with Crippen LogP contribution in [0.5, 0.6) is 0 Å². The minimum Gasteiger partial charge on any atom is -0.394 e. The summed E-state index contributed by atoms with van der Waals surface area (Å²) < 4.78 is 33.3. The van der Waals surface area contributed by atoms with Gasteiger partial charge >= 0.3 is 0 Å². The van der Waals surface area contributed by atoms with Crippen LogP contribution < -0.4 is 4.72 Å². The first kappa shape index (κ1) is 19.2. The molecule has 0 radical (unpaired) electrons. The van der Waals surface area contributed by atoms with Gasteiger partial charge in [0.2, 0.25) is 10.0 Å². The second-order valence-corrected chi connectivity index (χ2v) is 9.82. The van der Waals surface area contributed by atoms with Gasteiger partial charge in [0.1, 0.15) is 16.4 Å². The minimum atomic E-state index is -3.58. The predicted octanol–water partition coefficient (Wildman–Crippen LogP) is 0.248. The lowest BCUT2D eigenvalue weighted by atomic mass is 9.94. The molecule has 3 N–H and O–H groups in total. The molecule has 9 heteroatoms. The summed E-state index contributed by atoms with van der Waals surface area (Å²) in [5.41, 5.74) is 0. The summed E-state index contributed by atoms with van der Waals surface area (Å²) in [5.74, 6) is 0.653. The second kappa shape index (κ2) is 7.99. The Kier molecular flexibility index (Phi) is 6.15. The number of piperidine rings is 1. The van der Waals surface area contributed by atoms with Crippen LogP contribution in [0.25, 0.3) is 0 Å². The highest BCUT2D eigenvalue weighted by atomic mass is 32.2. The Morgan fingerprint density at radius 1 is 1.36 bits per heavy atom. The van der Waals surface area contributed by atoms with E-state index in [0.29, 0.717) is 5.92 Å². The van der Waals surface area contributed by atoms with Crippen molar-refractivity contribution in [2.75, 3.05) is 26.2 Å². The smallest absolute Gasteiger partial charge is 0.250 e. The Morgan fingerprint density at radius 3 is 2.68 bits per heavy atom. The van der Waals surface area contributed by atoms with Crippen molar-refractivity contribution in [3.05, 3.63) is 17.5 Å². The van der Waals surface area contributed by atoms with E-state index in [0.717, 1.165) is 37.3 Å². The summed E-state index contributed by atoms with van der Waals surface area (Å²) in [6.45, 7) is 3.69. The standard InChI is InChI=1S/C16H26N2O5S2/c1-11-4-6-18(7-5-11)15-12(23-13(10-19)16(15)20)9-17-25(21,22)14-3-2-8-24-14/h2-3,8,11-13,15-17,19-20H,4-7,9-10H2,1H3/t12-,13+,15+,16-/m1/s1. The highest BCUT2D eigenvalue weighted by molar-refractivity contribution is 7.91. The van der Waals surface area contributed by atoms with Crippen molar-refractivity contribution in [2.45, 2.75) is 48.3 Å². The molecule has 0 saturated carbocycles. The van der Waals surface area contributed by atoms with Crippen LogP contribution in [0.3, 0.4) is 0 Å². The number of aliphatic hydroxyl groups excluding tert-OH is 2. The van der Waals surface area contributed by atoms with Gasteiger partial charge in [-0.1, -0.05) is 13.0 Å². The fourth-order valence-corrected chi connectivity index (χ4v) is 5.68. The number of hydrogen-bond donors (Lipinski definition) is 3. The number of hydrogen-bond acceptors (Lipinski definition) is 7. The summed E-state index contributed by atoms with van der Waals surface area (Å²) in [5, 5.41) is 21.7. The molecule has 4 atom stereocenters. The fraction of sp³-hybridized carbons (Fsp3) is 0.750. The molecule has 0 bridgehead atoms. The van der Waals surface area contributed by atoms with Crippen LogP contribution in [0.4, 0.5) is 0 Å².